The first-order chi connectivity index (χ1) is 7.63. The topological polar surface area (TPSA) is 74.6 Å². The smallest absolute Gasteiger partial charge is 0.303 e. The Hall–Kier alpha value is -1.06. The summed E-state index contributed by atoms with van der Waals surface area (Å²) in [4.78, 5) is 20.4. The summed E-state index contributed by atoms with van der Waals surface area (Å²) in [5, 5.41) is 16.8. The maximum Gasteiger partial charge on any atom is 0.303 e. The third kappa shape index (κ3) is 12.9. The first-order valence-electron chi connectivity index (χ1n) is 6.06. The molecule has 0 spiro atoms. The molecule has 0 heterocycles. The summed E-state index contributed by atoms with van der Waals surface area (Å²) in [6.07, 6.45) is 8.51. The lowest BCUT2D eigenvalue weighted by Gasteiger charge is -2.00. The van der Waals surface area contributed by atoms with Crippen molar-refractivity contribution in [1.82, 2.24) is 0 Å². The monoisotopic (exact) mass is 230 g/mol. The van der Waals surface area contributed by atoms with Crippen molar-refractivity contribution in [3.05, 3.63) is 0 Å². The number of unbranched alkanes of at least 4 members (excludes halogenated alkanes) is 7. The third-order valence-corrected chi connectivity index (χ3v) is 2.53. The molecule has 4 nitrogen and oxygen atoms in total. The van der Waals surface area contributed by atoms with Crippen molar-refractivity contribution in [1.29, 1.82) is 0 Å². The minimum absolute atomic E-state index is 0.276. The molecule has 0 rings (SSSR count). The molecule has 16 heavy (non-hydrogen) atoms. The lowest BCUT2D eigenvalue weighted by atomic mass is 10.1. The molecule has 4 heteroatoms. The van der Waals surface area contributed by atoms with Gasteiger partial charge in [-0.3, -0.25) is 9.59 Å². The number of rotatable bonds is 11. The molecule has 0 saturated carbocycles. The summed E-state index contributed by atoms with van der Waals surface area (Å²) in [7, 11) is 0. The molecular formula is C12H22O4. The predicted octanol–water partition coefficient (Wildman–Crippen LogP) is 3.06. The standard InChI is InChI=1S/C12H22O4/c13-11(14)9-7-5-3-1-2-4-6-8-10-12(15)16/h1-10H2,(H,13,14)(H,15,16). The number of carboxylic acid groups (broad SMARTS) is 2. The largest absolute Gasteiger partial charge is 0.481 e. The van der Waals surface area contributed by atoms with Gasteiger partial charge in [0.25, 0.3) is 0 Å². The molecule has 0 bridgehead atoms. The summed E-state index contributed by atoms with van der Waals surface area (Å²) in [6.45, 7) is 0. The molecule has 0 aliphatic carbocycles. The highest BCUT2D eigenvalue weighted by atomic mass is 16.4. The van der Waals surface area contributed by atoms with Crippen LogP contribution in [0.1, 0.15) is 64.2 Å². The van der Waals surface area contributed by atoms with Crippen LogP contribution in [-0.4, -0.2) is 22.2 Å². The maximum absolute atomic E-state index is 10.2. The van der Waals surface area contributed by atoms with Gasteiger partial charge in [0.2, 0.25) is 0 Å². The van der Waals surface area contributed by atoms with Crippen LogP contribution in [0.3, 0.4) is 0 Å². The van der Waals surface area contributed by atoms with Gasteiger partial charge >= 0.3 is 11.9 Å². The lowest BCUT2D eigenvalue weighted by molar-refractivity contribution is -0.138. The Kier molecular flexibility index (Phi) is 9.76. The van der Waals surface area contributed by atoms with Crippen LogP contribution in [-0.2, 0) is 9.59 Å². The van der Waals surface area contributed by atoms with Crippen molar-refractivity contribution < 1.29 is 19.8 Å². The average molecular weight is 230 g/mol. The zero-order chi connectivity index (χ0) is 12.2. The average Bonchev–Trinajstić information content (AvgIpc) is 2.20. The van der Waals surface area contributed by atoms with Crippen molar-refractivity contribution in [2.24, 2.45) is 0 Å². The van der Waals surface area contributed by atoms with Crippen molar-refractivity contribution >= 4 is 11.9 Å². The molecule has 94 valence electrons. The van der Waals surface area contributed by atoms with Crippen molar-refractivity contribution in [3.8, 4) is 0 Å². The van der Waals surface area contributed by atoms with E-state index in [1.165, 1.54) is 0 Å². The summed E-state index contributed by atoms with van der Waals surface area (Å²) >= 11 is 0. The number of aliphatic carboxylic acids is 2. The fraction of sp³-hybridized carbons (Fsp3) is 0.833. The lowest BCUT2D eigenvalue weighted by Crippen LogP contribution is -1.94. The van der Waals surface area contributed by atoms with Gasteiger partial charge in [-0.05, 0) is 12.8 Å². The Morgan fingerprint density at radius 1 is 0.562 bits per heavy atom. The number of hydrogen-bond acceptors (Lipinski definition) is 2. The fourth-order valence-corrected chi connectivity index (χ4v) is 1.61. The third-order valence-electron chi connectivity index (χ3n) is 2.53. The molecule has 0 atom stereocenters. The van der Waals surface area contributed by atoms with Crippen LogP contribution < -0.4 is 0 Å². The number of carbonyl (C=O) groups is 2. The van der Waals surface area contributed by atoms with E-state index in [-0.39, 0.29) is 12.8 Å². The van der Waals surface area contributed by atoms with Gasteiger partial charge in [-0.25, -0.2) is 0 Å². The van der Waals surface area contributed by atoms with Gasteiger partial charge in [-0.1, -0.05) is 38.5 Å². The molecule has 0 aliphatic rings. The Morgan fingerprint density at radius 2 is 0.812 bits per heavy atom. The SMILES string of the molecule is O=C(O)CCCCCCCCCCC(=O)O. The summed E-state index contributed by atoms with van der Waals surface area (Å²) in [6, 6.07) is 0. The molecule has 0 fully saturated rings. The van der Waals surface area contributed by atoms with E-state index < -0.39 is 11.9 Å². The molecule has 0 saturated heterocycles. The predicted molar refractivity (Wildman–Crippen MR) is 61.4 cm³/mol. The van der Waals surface area contributed by atoms with Crippen LogP contribution in [0, 0.1) is 0 Å². The van der Waals surface area contributed by atoms with E-state index in [1.807, 2.05) is 0 Å². The van der Waals surface area contributed by atoms with Crippen LogP contribution in [0.15, 0.2) is 0 Å². The van der Waals surface area contributed by atoms with Crippen molar-refractivity contribution in [2.45, 2.75) is 64.2 Å². The van der Waals surface area contributed by atoms with Crippen LogP contribution in [0.2, 0.25) is 0 Å². The van der Waals surface area contributed by atoms with E-state index in [1.54, 1.807) is 0 Å². The van der Waals surface area contributed by atoms with E-state index in [2.05, 4.69) is 0 Å². The van der Waals surface area contributed by atoms with Gasteiger partial charge < -0.3 is 10.2 Å². The molecule has 0 aromatic carbocycles. The normalized spacial score (nSPS) is 10.2. The fourth-order valence-electron chi connectivity index (χ4n) is 1.61. The van der Waals surface area contributed by atoms with Gasteiger partial charge in [-0.2, -0.15) is 0 Å². The van der Waals surface area contributed by atoms with Gasteiger partial charge in [0.15, 0.2) is 0 Å². The van der Waals surface area contributed by atoms with Crippen LogP contribution in [0.4, 0.5) is 0 Å². The second kappa shape index (κ2) is 10.5. The molecule has 0 aromatic heterocycles. The first kappa shape index (κ1) is 14.9. The number of hydrogen-bond donors (Lipinski definition) is 2. The Labute approximate surface area is 96.7 Å². The molecule has 0 amide bonds. The number of carboxylic acids is 2. The second-order valence-corrected chi connectivity index (χ2v) is 4.12. The van der Waals surface area contributed by atoms with Gasteiger partial charge in [0, 0.05) is 12.8 Å². The van der Waals surface area contributed by atoms with Crippen LogP contribution >= 0.6 is 0 Å². The summed E-state index contributed by atoms with van der Waals surface area (Å²) in [5.41, 5.74) is 0. The summed E-state index contributed by atoms with van der Waals surface area (Å²) < 4.78 is 0. The highest BCUT2D eigenvalue weighted by Gasteiger charge is 1.98. The quantitative estimate of drug-likeness (QED) is 0.535. The minimum atomic E-state index is -0.714. The first-order valence-corrected chi connectivity index (χ1v) is 6.06. The highest BCUT2D eigenvalue weighted by molar-refractivity contribution is 5.66. The van der Waals surface area contributed by atoms with Gasteiger partial charge in [-0.15, -0.1) is 0 Å². The Balaban J connectivity index is 2.98. The molecule has 0 aromatic rings. The van der Waals surface area contributed by atoms with E-state index in [0.29, 0.717) is 0 Å². The van der Waals surface area contributed by atoms with E-state index in [4.69, 9.17) is 10.2 Å². The Morgan fingerprint density at radius 3 is 1.06 bits per heavy atom. The molecule has 0 unspecified atom stereocenters. The molecule has 2 N–H and O–H groups in total. The molecular weight excluding hydrogens is 208 g/mol. The van der Waals surface area contributed by atoms with E-state index in [9.17, 15) is 9.59 Å². The molecule has 0 aliphatic heterocycles. The van der Waals surface area contributed by atoms with Crippen molar-refractivity contribution in [2.75, 3.05) is 0 Å². The maximum atomic E-state index is 10.2. The summed E-state index contributed by atoms with van der Waals surface area (Å²) in [5.74, 6) is -1.43. The van der Waals surface area contributed by atoms with E-state index >= 15 is 0 Å². The van der Waals surface area contributed by atoms with Crippen LogP contribution in [0.25, 0.3) is 0 Å². The minimum Gasteiger partial charge on any atom is -0.481 e. The Bertz CT molecular complexity index is 179. The second-order valence-electron chi connectivity index (χ2n) is 4.12. The highest BCUT2D eigenvalue weighted by Crippen LogP contribution is 2.10. The van der Waals surface area contributed by atoms with Gasteiger partial charge in [0.05, 0.1) is 0 Å². The van der Waals surface area contributed by atoms with Crippen molar-refractivity contribution in [3.63, 3.8) is 0 Å². The zero-order valence-corrected chi connectivity index (χ0v) is 9.78. The van der Waals surface area contributed by atoms with E-state index in [0.717, 1.165) is 51.4 Å². The molecule has 0 radical (unpaired) electrons. The van der Waals surface area contributed by atoms with Crippen LogP contribution in [0.5, 0.6) is 0 Å². The zero-order valence-electron chi connectivity index (χ0n) is 9.78. The van der Waals surface area contributed by atoms with Gasteiger partial charge in [0.1, 0.15) is 0 Å².